The number of esters is 3. The smallest absolute Gasteiger partial charge is 0.333 e. The van der Waals surface area contributed by atoms with Crippen molar-refractivity contribution >= 4 is 17.9 Å². The van der Waals surface area contributed by atoms with Gasteiger partial charge in [-0.15, -0.1) is 0 Å². The van der Waals surface area contributed by atoms with Crippen molar-refractivity contribution in [2.24, 2.45) is 0 Å². The molecule has 296 valence electrons. The number of unbranched alkanes of at least 4 members (excludes halogenated alkanes) is 12. The van der Waals surface area contributed by atoms with Crippen LogP contribution in [0, 0.1) is 0 Å². The highest BCUT2D eigenvalue weighted by atomic mass is 16.6. The summed E-state index contributed by atoms with van der Waals surface area (Å²) in [6, 6.07) is 0.0825. The van der Waals surface area contributed by atoms with E-state index < -0.39 is 12.1 Å². The quantitative estimate of drug-likeness (QED) is 0.0211. The molecule has 0 bridgehead atoms. The van der Waals surface area contributed by atoms with Gasteiger partial charge >= 0.3 is 17.9 Å². The SMILES string of the molecule is C=C(C)C(=O)OCCCCCCCCCCC(C(COCCOCCOCCOC(=O)C(=C)C)OC(=O)C(=C)C)[N+](C)(C)CCCCCCCC. The van der Waals surface area contributed by atoms with Gasteiger partial charge in [0.1, 0.15) is 12.6 Å². The second kappa shape index (κ2) is 31.0. The van der Waals surface area contributed by atoms with Crippen LogP contribution in [-0.4, -0.2) is 108 Å². The summed E-state index contributed by atoms with van der Waals surface area (Å²) in [7, 11) is 4.52. The van der Waals surface area contributed by atoms with Gasteiger partial charge in [-0.3, -0.25) is 0 Å². The molecule has 0 amide bonds. The zero-order valence-corrected chi connectivity index (χ0v) is 33.4. The van der Waals surface area contributed by atoms with Crippen LogP contribution in [0.15, 0.2) is 36.5 Å². The molecule has 0 heterocycles. The monoisotopic (exact) mass is 725 g/mol. The van der Waals surface area contributed by atoms with Crippen molar-refractivity contribution in [3.8, 4) is 0 Å². The maximum Gasteiger partial charge on any atom is 0.333 e. The van der Waals surface area contributed by atoms with Crippen LogP contribution in [0.25, 0.3) is 0 Å². The summed E-state index contributed by atoms with van der Waals surface area (Å²) in [6.07, 6.45) is 16.7. The minimum Gasteiger partial charge on any atom is -0.462 e. The molecule has 0 aliphatic heterocycles. The van der Waals surface area contributed by atoms with Crippen molar-refractivity contribution in [3.63, 3.8) is 0 Å². The summed E-state index contributed by atoms with van der Waals surface area (Å²) in [6.45, 7) is 21.9. The van der Waals surface area contributed by atoms with Crippen molar-refractivity contribution in [2.75, 3.05) is 73.5 Å². The van der Waals surface area contributed by atoms with Crippen LogP contribution in [0.5, 0.6) is 0 Å². The van der Waals surface area contributed by atoms with E-state index in [0.29, 0.717) is 56.4 Å². The number of ether oxygens (including phenoxy) is 6. The molecule has 0 aromatic carbocycles. The van der Waals surface area contributed by atoms with Crippen LogP contribution in [0.4, 0.5) is 0 Å². The summed E-state index contributed by atoms with van der Waals surface area (Å²) in [4.78, 5) is 35.7. The number of hydrogen-bond acceptors (Lipinski definition) is 9. The van der Waals surface area contributed by atoms with Crippen molar-refractivity contribution in [3.05, 3.63) is 36.5 Å². The number of likely N-dealkylation sites (N-methyl/N-ethyl adjacent to an activating group) is 1. The van der Waals surface area contributed by atoms with E-state index in [4.69, 9.17) is 28.4 Å². The molecule has 0 aliphatic rings. The van der Waals surface area contributed by atoms with E-state index in [9.17, 15) is 14.4 Å². The van der Waals surface area contributed by atoms with Crippen molar-refractivity contribution in [2.45, 2.75) is 136 Å². The Morgan fingerprint density at radius 2 is 0.961 bits per heavy atom. The first kappa shape index (κ1) is 48.5. The van der Waals surface area contributed by atoms with E-state index in [2.05, 4.69) is 40.8 Å². The van der Waals surface area contributed by atoms with Gasteiger partial charge in [-0.05, 0) is 46.5 Å². The molecule has 0 saturated heterocycles. The second-order valence-electron chi connectivity index (χ2n) is 14.3. The van der Waals surface area contributed by atoms with E-state index in [0.717, 1.165) is 62.4 Å². The number of nitrogens with zero attached hydrogens (tertiary/aromatic N) is 1. The van der Waals surface area contributed by atoms with Gasteiger partial charge < -0.3 is 32.9 Å². The van der Waals surface area contributed by atoms with E-state index in [1.807, 2.05) is 0 Å². The molecule has 0 fully saturated rings. The Balaban J connectivity index is 4.97. The molecule has 0 aromatic heterocycles. The van der Waals surface area contributed by atoms with E-state index >= 15 is 0 Å². The molecule has 0 spiro atoms. The maximum absolute atomic E-state index is 12.8. The molecule has 0 saturated carbocycles. The molecule has 0 aliphatic carbocycles. The third kappa shape index (κ3) is 26.8. The lowest BCUT2D eigenvalue weighted by Crippen LogP contribution is -2.57. The van der Waals surface area contributed by atoms with Crippen LogP contribution in [0.2, 0.25) is 0 Å². The lowest BCUT2D eigenvalue weighted by atomic mass is 9.98. The topological polar surface area (TPSA) is 107 Å². The summed E-state index contributed by atoms with van der Waals surface area (Å²) >= 11 is 0. The van der Waals surface area contributed by atoms with Crippen LogP contribution < -0.4 is 0 Å². The maximum atomic E-state index is 12.8. The minimum atomic E-state index is -0.425. The minimum absolute atomic E-state index is 0.0825. The summed E-state index contributed by atoms with van der Waals surface area (Å²) in [5.74, 6) is -1.12. The van der Waals surface area contributed by atoms with Crippen LogP contribution >= 0.6 is 0 Å². The molecule has 0 radical (unpaired) electrons. The lowest BCUT2D eigenvalue weighted by Gasteiger charge is -2.42. The lowest BCUT2D eigenvalue weighted by molar-refractivity contribution is -0.919. The zero-order valence-electron chi connectivity index (χ0n) is 33.4. The zero-order chi connectivity index (χ0) is 38.3. The summed E-state index contributed by atoms with van der Waals surface area (Å²) in [5.41, 5.74) is 1.18. The van der Waals surface area contributed by atoms with Gasteiger partial charge in [0.15, 0.2) is 6.10 Å². The average molecular weight is 725 g/mol. The second-order valence-corrected chi connectivity index (χ2v) is 14.3. The molecular weight excluding hydrogens is 650 g/mol. The normalized spacial score (nSPS) is 12.6. The number of carbonyl (C=O) groups excluding carboxylic acids is 3. The molecule has 51 heavy (non-hydrogen) atoms. The van der Waals surface area contributed by atoms with Crippen molar-refractivity contribution in [1.82, 2.24) is 0 Å². The Morgan fingerprint density at radius 1 is 0.529 bits per heavy atom. The molecule has 10 heteroatoms. The average Bonchev–Trinajstić information content (AvgIpc) is 3.08. The summed E-state index contributed by atoms with van der Waals surface area (Å²) in [5, 5.41) is 0. The highest BCUT2D eigenvalue weighted by molar-refractivity contribution is 5.87. The predicted octanol–water partition coefficient (Wildman–Crippen LogP) is 8.08. The van der Waals surface area contributed by atoms with Gasteiger partial charge in [0.2, 0.25) is 0 Å². The fourth-order valence-corrected chi connectivity index (χ4v) is 5.67. The van der Waals surface area contributed by atoms with Crippen LogP contribution in [0.1, 0.15) is 124 Å². The van der Waals surface area contributed by atoms with Crippen molar-refractivity contribution < 1.29 is 47.3 Å². The fraction of sp³-hybridized carbons (Fsp3) is 0.780. The molecule has 0 aromatic rings. The standard InChI is InChI=1S/C41H74NO9/c1-10-11-12-13-19-22-25-42(8,9)37(24-21-18-16-14-15-17-20-23-26-49-39(43)34(2)3)38(51-41(45)36(6)7)33-48-30-29-46-27-28-47-31-32-50-40(44)35(4)5/h37-38H,2,4,6,10-33H2,1,3,5,7-9H3/q+1. The van der Waals surface area contributed by atoms with Gasteiger partial charge in [-0.1, -0.05) is 90.9 Å². The molecule has 0 rings (SSSR count). The number of quaternary nitrogens is 1. The van der Waals surface area contributed by atoms with E-state index in [1.165, 1.54) is 44.9 Å². The molecule has 2 atom stereocenters. The van der Waals surface area contributed by atoms with Crippen LogP contribution in [0.3, 0.4) is 0 Å². The Bertz CT molecular complexity index is 994. The Hall–Kier alpha value is -2.53. The molecular formula is C41H74NO9+. The first-order chi connectivity index (χ1) is 24.3. The van der Waals surface area contributed by atoms with Crippen molar-refractivity contribution in [1.29, 1.82) is 0 Å². The molecule has 10 nitrogen and oxygen atoms in total. The third-order valence-electron chi connectivity index (χ3n) is 8.83. The summed E-state index contributed by atoms with van der Waals surface area (Å²) < 4.78 is 34.2. The van der Waals surface area contributed by atoms with Gasteiger partial charge in [-0.2, -0.15) is 0 Å². The van der Waals surface area contributed by atoms with Gasteiger partial charge in [0, 0.05) is 23.1 Å². The fourth-order valence-electron chi connectivity index (χ4n) is 5.67. The van der Waals surface area contributed by atoms with E-state index in [1.54, 1.807) is 20.8 Å². The van der Waals surface area contributed by atoms with Gasteiger partial charge in [0.05, 0.1) is 66.9 Å². The number of hydrogen-bond donors (Lipinski definition) is 0. The molecule has 2 unspecified atom stereocenters. The van der Waals surface area contributed by atoms with Gasteiger partial charge in [0.25, 0.3) is 0 Å². The largest absolute Gasteiger partial charge is 0.462 e. The third-order valence-corrected chi connectivity index (χ3v) is 8.83. The highest BCUT2D eigenvalue weighted by Gasteiger charge is 2.38. The van der Waals surface area contributed by atoms with E-state index in [-0.39, 0.29) is 31.2 Å². The van der Waals surface area contributed by atoms with Gasteiger partial charge in [-0.25, -0.2) is 14.4 Å². The Morgan fingerprint density at radius 3 is 1.49 bits per heavy atom. The van der Waals surface area contributed by atoms with Crippen LogP contribution in [-0.2, 0) is 42.8 Å². The molecule has 0 N–H and O–H groups in total. The number of rotatable bonds is 35. The number of carbonyl (C=O) groups is 3. The highest BCUT2D eigenvalue weighted by Crippen LogP contribution is 2.24. The predicted molar refractivity (Wildman–Crippen MR) is 204 cm³/mol. The first-order valence-corrected chi connectivity index (χ1v) is 19.4. The first-order valence-electron chi connectivity index (χ1n) is 19.4. The Labute approximate surface area is 310 Å². The Kier molecular flexibility index (Phi) is 29.5.